The van der Waals surface area contributed by atoms with Gasteiger partial charge in [-0.15, -0.1) is 0 Å². The number of nitriles is 1. The molecular weight excluding hydrogens is 218 g/mol. The van der Waals surface area contributed by atoms with E-state index >= 15 is 0 Å². The van der Waals surface area contributed by atoms with Gasteiger partial charge in [0.1, 0.15) is 12.1 Å². The quantitative estimate of drug-likeness (QED) is 0.730. The van der Waals surface area contributed by atoms with Gasteiger partial charge in [0.2, 0.25) is 0 Å². The zero-order valence-corrected chi connectivity index (χ0v) is 8.97. The van der Waals surface area contributed by atoms with Gasteiger partial charge in [-0.1, -0.05) is 12.1 Å². The number of hydrogen-bond donors (Lipinski definition) is 3. The van der Waals surface area contributed by atoms with Crippen molar-refractivity contribution >= 4 is 16.9 Å². The van der Waals surface area contributed by atoms with E-state index in [1.807, 2.05) is 6.07 Å². The molecule has 0 saturated heterocycles. The fourth-order valence-corrected chi connectivity index (χ4v) is 1.80. The number of H-pyrrole nitrogens is 1. The number of fused-ring (bicyclic) bond motifs is 1. The van der Waals surface area contributed by atoms with Crippen molar-refractivity contribution in [2.75, 3.05) is 0 Å². The summed E-state index contributed by atoms with van der Waals surface area (Å²) in [6.07, 6.45) is 1.94. The first-order chi connectivity index (χ1) is 8.13. The normalized spacial score (nSPS) is 12.2. The van der Waals surface area contributed by atoms with Crippen molar-refractivity contribution in [3.8, 4) is 6.07 Å². The molecule has 5 nitrogen and oxygen atoms in total. The standard InChI is InChI=1S/C12H11N3O2/c13-5-7-2-1-3-9-8(6-15-11(7)9)4-10(14)12(16)17/h1-3,6,10,15H,4,14H2,(H,16,17)/t10-/m0/s1. The van der Waals surface area contributed by atoms with Gasteiger partial charge >= 0.3 is 5.97 Å². The second-order valence-corrected chi connectivity index (χ2v) is 3.80. The topological polar surface area (TPSA) is 103 Å². The number of rotatable bonds is 3. The lowest BCUT2D eigenvalue weighted by Crippen LogP contribution is -2.32. The molecule has 1 aromatic carbocycles. The van der Waals surface area contributed by atoms with Crippen molar-refractivity contribution < 1.29 is 9.90 Å². The number of carboxylic acids is 1. The van der Waals surface area contributed by atoms with Crippen LogP contribution in [-0.2, 0) is 11.2 Å². The lowest BCUT2D eigenvalue weighted by atomic mass is 10.0. The Balaban J connectivity index is 2.44. The van der Waals surface area contributed by atoms with Crippen LogP contribution in [0.3, 0.4) is 0 Å². The third kappa shape index (κ3) is 1.98. The summed E-state index contributed by atoms with van der Waals surface area (Å²) in [7, 11) is 0. The van der Waals surface area contributed by atoms with Gasteiger partial charge in [-0.3, -0.25) is 4.79 Å². The maximum absolute atomic E-state index is 10.7. The number of benzene rings is 1. The molecule has 5 heteroatoms. The van der Waals surface area contributed by atoms with Crippen LogP contribution in [0.25, 0.3) is 10.9 Å². The Bertz CT molecular complexity index is 610. The molecular formula is C12H11N3O2. The average Bonchev–Trinajstić information content (AvgIpc) is 2.72. The minimum absolute atomic E-state index is 0.240. The highest BCUT2D eigenvalue weighted by Gasteiger charge is 2.15. The molecule has 0 amide bonds. The maximum Gasteiger partial charge on any atom is 0.320 e. The molecule has 0 bridgehead atoms. The van der Waals surface area contributed by atoms with Crippen LogP contribution < -0.4 is 5.73 Å². The van der Waals surface area contributed by atoms with Gasteiger partial charge in [-0.05, 0) is 11.6 Å². The largest absolute Gasteiger partial charge is 0.480 e. The molecule has 1 atom stereocenters. The lowest BCUT2D eigenvalue weighted by molar-refractivity contribution is -0.138. The molecule has 0 aliphatic carbocycles. The van der Waals surface area contributed by atoms with Crippen molar-refractivity contribution in [3.05, 3.63) is 35.5 Å². The number of carboxylic acid groups (broad SMARTS) is 1. The number of para-hydroxylation sites is 1. The monoisotopic (exact) mass is 229 g/mol. The number of hydrogen-bond acceptors (Lipinski definition) is 3. The first-order valence-corrected chi connectivity index (χ1v) is 5.11. The van der Waals surface area contributed by atoms with Gasteiger partial charge in [-0.2, -0.15) is 5.26 Å². The molecule has 0 radical (unpaired) electrons. The van der Waals surface area contributed by atoms with Crippen molar-refractivity contribution in [1.82, 2.24) is 4.98 Å². The van der Waals surface area contributed by atoms with Gasteiger partial charge in [0.05, 0.1) is 11.1 Å². The van der Waals surface area contributed by atoms with Crippen LogP contribution in [0.2, 0.25) is 0 Å². The highest BCUT2D eigenvalue weighted by Crippen LogP contribution is 2.22. The molecule has 4 N–H and O–H groups in total. The first kappa shape index (κ1) is 11.2. The van der Waals surface area contributed by atoms with E-state index in [0.717, 1.165) is 16.5 Å². The summed E-state index contributed by atoms with van der Waals surface area (Å²) < 4.78 is 0. The Morgan fingerprint density at radius 2 is 2.35 bits per heavy atom. The van der Waals surface area contributed by atoms with Gasteiger partial charge in [-0.25, -0.2) is 0 Å². The van der Waals surface area contributed by atoms with Gasteiger partial charge in [0.15, 0.2) is 0 Å². The number of aromatic amines is 1. The summed E-state index contributed by atoms with van der Waals surface area (Å²) in [6.45, 7) is 0. The van der Waals surface area contributed by atoms with Crippen molar-refractivity contribution in [2.24, 2.45) is 5.73 Å². The van der Waals surface area contributed by atoms with Crippen LogP contribution in [0.5, 0.6) is 0 Å². The molecule has 1 aromatic heterocycles. The molecule has 86 valence electrons. The second kappa shape index (κ2) is 4.28. The highest BCUT2D eigenvalue weighted by molar-refractivity contribution is 5.88. The second-order valence-electron chi connectivity index (χ2n) is 3.80. The molecule has 0 aliphatic rings. The minimum atomic E-state index is -1.03. The molecule has 0 aliphatic heterocycles. The van der Waals surface area contributed by atoms with E-state index in [0.29, 0.717) is 5.56 Å². The third-order valence-corrected chi connectivity index (χ3v) is 2.68. The third-order valence-electron chi connectivity index (χ3n) is 2.68. The predicted molar refractivity (Wildman–Crippen MR) is 62.3 cm³/mol. The Labute approximate surface area is 97.5 Å². The van der Waals surface area contributed by atoms with E-state index in [4.69, 9.17) is 16.1 Å². The van der Waals surface area contributed by atoms with Crippen LogP contribution in [0.15, 0.2) is 24.4 Å². The number of aliphatic carboxylic acids is 1. The highest BCUT2D eigenvalue weighted by atomic mass is 16.4. The zero-order chi connectivity index (χ0) is 12.4. The van der Waals surface area contributed by atoms with Gasteiger partial charge < -0.3 is 15.8 Å². The van der Waals surface area contributed by atoms with Crippen LogP contribution >= 0.6 is 0 Å². The Kier molecular flexibility index (Phi) is 2.81. The van der Waals surface area contributed by atoms with Gasteiger partial charge in [0.25, 0.3) is 0 Å². The summed E-state index contributed by atoms with van der Waals surface area (Å²) >= 11 is 0. The Hall–Kier alpha value is -2.32. The first-order valence-electron chi connectivity index (χ1n) is 5.11. The minimum Gasteiger partial charge on any atom is -0.480 e. The molecule has 2 rings (SSSR count). The molecule has 0 unspecified atom stereocenters. The molecule has 0 spiro atoms. The number of nitrogens with one attached hydrogen (secondary N) is 1. The summed E-state index contributed by atoms with van der Waals surface area (Å²) in [5.41, 5.74) is 7.57. The average molecular weight is 229 g/mol. The SMILES string of the molecule is N#Cc1cccc2c(C[C@H](N)C(=O)O)c[nH]c12. The van der Waals surface area contributed by atoms with Crippen molar-refractivity contribution in [1.29, 1.82) is 5.26 Å². The van der Waals surface area contributed by atoms with E-state index in [9.17, 15) is 4.79 Å². The van der Waals surface area contributed by atoms with Crippen LogP contribution in [0.4, 0.5) is 0 Å². The molecule has 0 saturated carbocycles. The van der Waals surface area contributed by atoms with E-state index in [1.165, 1.54) is 0 Å². The summed E-state index contributed by atoms with van der Waals surface area (Å²) in [5.74, 6) is -1.03. The van der Waals surface area contributed by atoms with Crippen LogP contribution in [0, 0.1) is 11.3 Å². The summed E-state index contributed by atoms with van der Waals surface area (Å²) in [6, 6.07) is 6.47. The van der Waals surface area contributed by atoms with Gasteiger partial charge in [0, 0.05) is 18.0 Å². The van der Waals surface area contributed by atoms with E-state index in [1.54, 1.807) is 18.3 Å². The van der Waals surface area contributed by atoms with E-state index in [2.05, 4.69) is 11.1 Å². The molecule has 2 aromatic rings. The smallest absolute Gasteiger partial charge is 0.320 e. The number of carbonyl (C=O) groups is 1. The molecule has 0 fully saturated rings. The lowest BCUT2D eigenvalue weighted by Gasteiger charge is -2.04. The predicted octanol–water partition coefficient (Wildman–Crippen LogP) is 0.994. The Morgan fingerprint density at radius 3 is 3.00 bits per heavy atom. The number of nitrogens with two attached hydrogens (primary N) is 1. The zero-order valence-electron chi connectivity index (χ0n) is 8.97. The van der Waals surface area contributed by atoms with E-state index < -0.39 is 12.0 Å². The fourth-order valence-electron chi connectivity index (χ4n) is 1.80. The Morgan fingerprint density at radius 1 is 1.59 bits per heavy atom. The fraction of sp³-hybridized carbons (Fsp3) is 0.167. The summed E-state index contributed by atoms with van der Waals surface area (Å²) in [4.78, 5) is 13.7. The van der Waals surface area contributed by atoms with Crippen molar-refractivity contribution in [2.45, 2.75) is 12.5 Å². The molecule has 1 heterocycles. The number of nitrogens with zero attached hydrogens (tertiary/aromatic N) is 1. The van der Waals surface area contributed by atoms with Crippen molar-refractivity contribution in [3.63, 3.8) is 0 Å². The maximum atomic E-state index is 10.7. The summed E-state index contributed by atoms with van der Waals surface area (Å²) in [5, 5.41) is 18.5. The van der Waals surface area contributed by atoms with Crippen LogP contribution in [-0.4, -0.2) is 22.1 Å². The number of aromatic nitrogens is 1. The van der Waals surface area contributed by atoms with E-state index in [-0.39, 0.29) is 6.42 Å². The molecule has 17 heavy (non-hydrogen) atoms. The van der Waals surface area contributed by atoms with Crippen LogP contribution in [0.1, 0.15) is 11.1 Å².